The summed E-state index contributed by atoms with van der Waals surface area (Å²) in [5.74, 6) is -0.623. The molecule has 0 radical (unpaired) electrons. The molecule has 1 aliphatic heterocycles. The molecule has 0 bridgehead atoms. The Hall–Kier alpha value is -1.93. The molecule has 0 saturated carbocycles. The van der Waals surface area contributed by atoms with E-state index < -0.39 is 9.84 Å². The van der Waals surface area contributed by atoms with Gasteiger partial charge in [0.15, 0.2) is 9.84 Å². The van der Waals surface area contributed by atoms with E-state index in [0.29, 0.717) is 18.7 Å². The Morgan fingerprint density at radius 1 is 1.38 bits per heavy atom. The third-order valence-electron chi connectivity index (χ3n) is 4.60. The number of aryl methyl sites for hydroxylation is 1. The van der Waals surface area contributed by atoms with Gasteiger partial charge in [0.05, 0.1) is 29.3 Å². The quantitative estimate of drug-likeness (QED) is 0.790. The van der Waals surface area contributed by atoms with Crippen LogP contribution in [0.15, 0.2) is 24.3 Å². The van der Waals surface area contributed by atoms with Crippen molar-refractivity contribution in [3.8, 4) is 0 Å². The monoisotopic (exact) mass is 399 g/mol. The first kappa shape index (κ1) is 18.8. The molecule has 9 heteroatoms. The normalized spacial score (nSPS) is 18.8. The van der Waals surface area contributed by atoms with Crippen LogP contribution in [-0.4, -0.2) is 53.6 Å². The van der Waals surface area contributed by atoms with E-state index in [9.17, 15) is 17.6 Å². The van der Waals surface area contributed by atoms with Crippen LogP contribution in [0.4, 0.5) is 4.39 Å². The summed E-state index contributed by atoms with van der Waals surface area (Å²) in [7, 11) is -1.51. The van der Waals surface area contributed by atoms with E-state index in [2.05, 4.69) is 5.10 Å². The van der Waals surface area contributed by atoms with Crippen LogP contribution in [-0.2, 0) is 16.4 Å². The Balaban J connectivity index is 1.83. The van der Waals surface area contributed by atoms with E-state index in [0.717, 1.165) is 5.56 Å². The largest absolute Gasteiger partial charge is 0.338 e. The summed E-state index contributed by atoms with van der Waals surface area (Å²) in [4.78, 5) is 14.3. The molecular weight excluding hydrogens is 381 g/mol. The maximum Gasteiger partial charge on any atom is 0.258 e. The first-order chi connectivity index (χ1) is 12.2. The van der Waals surface area contributed by atoms with E-state index in [1.54, 1.807) is 26.1 Å². The number of carbonyl (C=O) groups is 1. The lowest BCUT2D eigenvalue weighted by molar-refractivity contribution is 0.0747. The van der Waals surface area contributed by atoms with Crippen LogP contribution in [0.5, 0.6) is 0 Å². The van der Waals surface area contributed by atoms with Gasteiger partial charge >= 0.3 is 0 Å². The van der Waals surface area contributed by atoms with Crippen molar-refractivity contribution in [3.63, 3.8) is 0 Å². The van der Waals surface area contributed by atoms with Gasteiger partial charge in [-0.1, -0.05) is 23.7 Å². The molecule has 1 unspecified atom stereocenters. The Kier molecular flexibility index (Phi) is 5.07. The Morgan fingerprint density at radius 3 is 2.62 bits per heavy atom. The van der Waals surface area contributed by atoms with Crippen molar-refractivity contribution in [2.75, 3.05) is 18.6 Å². The lowest BCUT2D eigenvalue weighted by Crippen LogP contribution is -2.38. The summed E-state index contributed by atoms with van der Waals surface area (Å²) in [5, 5.41) is 4.50. The van der Waals surface area contributed by atoms with Gasteiger partial charge in [-0.2, -0.15) is 5.10 Å². The minimum absolute atomic E-state index is 0.0321. The van der Waals surface area contributed by atoms with Crippen LogP contribution >= 0.6 is 11.6 Å². The molecule has 1 aliphatic rings. The number of hydrogen-bond acceptors (Lipinski definition) is 4. The molecule has 0 aliphatic carbocycles. The van der Waals surface area contributed by atoms with Crippen LogP contribution in [0.1, 0.15) is 28.0 Å². The summed E-state index contributed by atoms with van der Waals surface area (Å²) < 4.78 is 37.8. The van der Waals surface area contributed by atoms with Gasteiger partial charge in [-0.3, -0.25) is 4.79 Å². The highest BCUT2D eigenvalue weighted by atomic mass is 35.5. The molecule has 1 amide bonds. The first-order valence-electron chi connectivity index (χ1n) is 8.13. The van der Waals surface area contributed by atoms with Crippen molar-refractivity contribution in [1.29, 1.82) is 0 Å². The number of aromatic nitrogens is 2. The summed E-state index contributed by atoms with van der Waals surface area (Å²) in [6, 6.07) is 5.59. The zero-order chi connectivity index (χ0) is 19.1. The van der Waals surface area contributed by atoms with Crippen molar-refractivity contribution in [3.05, 3.63) is 52.1 Å². The fourth-order valence-corrected chi connectivity index (χ4v) is 5.18. The molecule has 6 nitrogen and oxygen atoms in total. The number of rotatable bonds is 4. The van der Waals surface area contributed by atoms with Gasteiger partial charge in [0.1, 0.15) is 11.0 Å². The number of sulfone groups is 1. The molecular formula is C17H19ClFN3O3S. The summed E-state index contributed by atoms with van der Waals surface area (Å²) in [5.41, 5.74) is 1.53. The minimum atomic E-state index is -3.09. The third-order valence-corrected chi connectivity index (χ3v) is 6.74. The van der Waals surface area contributed by atoms with Crippen LogP contribution in [0, 0.1) is 12.7 Å². The molecule has 1 fully saturated rings. The highest BCUT2D eigenvalue weighted by Gasteiger charge is 2.34. The van der Waals surface area contributed by atoms with Crippen molar-refractivity contribution in [2.24, 2.45) is 0 Å². The van der Waals surface area contributed by atoms with Gasteiger partial charge in [-0.15, -0.1) is 0 Å². The Bertz CT molecular complexity index is 941. The van der Waals surface area contributed by atoms with Gasteiger partial charge in [-0.25, -0.2) is 17.5 Å². The van der Waals surface area contributed by atoms with Crippen molar-refractivity contribution >= 4 is 27.3 Å². The van der Waals surface area contributed by atoms with Crippen LogP contribution < -0.4 is 0 Å². The summed E-state index contributed by atoms with van der Waals surface area (Å²) >= 11 is 6.37. The molecule has 1 aromatic carbocycles. The standard InChI is InChI=1S/C17H19ClFN3O3S/c1-11-15(17(23)21(2)14-7-8-26(24,25)10-14)16(18)22(20-11)9-12-3-5-13(19)6-4-12/h3-6,14H,7-10H2,1-2H3. The highest BCUT2D eigenvalue weighted by molar-refractivity contribution is 7.91. The highest BCUT2D eigenvalue weighted by Crippen LogP contribution is 2.25. The average Bonchev–Trinajstić information content (AvgIpc) is 3.07. The van der Waals surface area contributed by atoms with Gasteiger partial charge in [0.2, 0.25) is 0 Å². The van der Waals surface area contributed by atoms with Crippen LogP contribution in [0.2, 0.25) is 5.15 Å². The number of carbonyl (C=O) groups excluding carboxylic acids is 1. The number of hydrogen-bond donors (Lipinski definition) is 0. The Morgan fingerprint density at radius 2 is 2.04 bits per heavy atom. The SMILES string of the molecule is Cc1nn(Cc2ccc(F)cc2)c(Cl)c1C(=O)N(C)C1CCS(=O)(=O)C1. The average molecular weight is 400 g/mol. The van der Waals surface area contributed by atoms with Crippen molar-refractivity contribution in [2.45, 2.75) is 25.9 Å². The zero-order valence-electron chi connectivity index (χ0n) is 14.4. The third kappa shape index (κ3) is 3.76. The summed E-state index contributed by atoms with van der Waals surface area (Å²) in [6.45, 7) is 1.98. The van der Waals surface area contributed by atoms with E-state index in [4.69, 9.17) is 11.6 Å². The van der Waals surface area contributed by atoms with Crippen molar-refractivity contribution in [1.82, 2.24) is 14.7 Å². The zero-order valence-corrected chi connectivity index (χ0v) is 16.0. The molecule has 26 heavy (non-hydrogen) atoms. The van der Waals surface area contributed by atoms with E-state index in [1.165, 1.54) is 21.7 Å². The first-order valence-corrected chi connectivity index (χ1v) is 10.3. The smallest absolute Gasteiger partial charge is 0.258 e. The molecule has 1 atom stereocenters. The predicted molar refractivity (Wildman–Crippen MR) is 96.6 cm³/mol. The van der Waals surface area contributed by atoms with Crippen LogP contribution in [0.25, 0.3) is 0 Å². The fourth-order valence-electron chi connectivity index (χ4n) is 3.09. The molecule has 140 valence electrons. The molecule has 1 saturated heterocycles. The van der Waals surface area contributed by atoms with Crippen LogP contribution in [0.3, 0.4) is 0 Å². The van der Waals surface area contributed by atoms with Gasteiger partial charge in [0.25, 0.3) is 5.91 Å². The number of nitrogens with zero attached hydrogens (tertiary/aromatic N) is 3. The van der Waals surface area contributed by atoms with Gasteiger partial charge < -0.3 is 4.90 Å². The maximum absolute atomic E-state index is 13.0. The van der Waals surface area contributed by atoms with Gasteiger partial charge in [0, 0.05) is 13.1 Å². The van der Waals surface area contributed by atoms with E-state index >= 15 is 0 Å². The second-order valence-electron chi connectivity index (χ2n) is 6.51. The minimum Gasteiger partial charge on any atom is -0.338 e. The topological polar surface area (TPSA) is 72.3 Å². The molecule has 1 aromatic heterocycles. The van der Waals surface area contributed by atoms with Crippen molar-refractivity contribution < 1.29 is 17.6 Å². The van der Waals surface area contributed by atoms with E-state index in [-0.39, 0.29) is 40.0 Å². The van der Waals surface area contributed by atoms with Gasteiger partial charge in [-0.05, 0) is 31.0 Å². The second-order valence-corrected chi connectivity index (χ2v) is 9.09. The second kappa shape index (κ2) is 7.00. The number of amides is 1. The number of halogens is 2. The lowest BCUT2D eigenvalue weighted by Gasteiger charge is -2.23. The lowest BCUT2D eigenvalue weighted by atomic mass is 10.2. The number of benzene rings is 1. The van der Waals surface area contributed by atoms with E-state index in [1.807, 2.05) is 0 Å². The summed E-state index contributed by atoms with van der Waals surface area (Å²) in [6.07, 6.45) is 0.422. The molecule has 2 aromatic rings. The predicted octanol–water partition coefficient (Wildman–Crippen LogP) is 2.29. The Labute approximate surface area is 156 Å². The maximum atomic E-state index is 13.0. The fraction of sp³-hybridized carbons (Fsp3) is 0.412. The molecule has 3 rings (SSSR count). The molecule has 2 heterocycles. The molecule has 0 spiro atoms. The molecule has 0 N–H and O–H groups in total.